The maximum atomic E-state index is 11.7. The highest BCUT2D eigenvalue weighted by atomic mass is 32.1. The average molecular weight is 286 g/mol. The molecule has 2 N–H and O–H groups in total. The van der Waals surface area contributed by atoms with Gasteiger partial charge in [0.1, 0.15) is 0 Å². The Balaban J connectivity index is 2.30. The third-order valence-corrected chi connectivity index (χ3v) is 3.75. The molecule has 5 nitrogen and oxygen atoms in total. The van der Waals surface area contributed by atoms with Crippen LogP contribution in [0.25, 0.3) is 0 Å². The number of aromatic nitrogens is 1. The summed E-state index contributed by atoms with van der Waals surface area (Å²) in [7, 11) is 0. The fraction of sp³-hybridized carbons (Fsp3) is 0.692. The molecular weight excluding hydrogens is 264 g/mol. The van der Waals surface area contributed by atoms with Crippen LogP contribution in [0.1, 0.15) is 38.8 Å². The molecule has 0 aliphatic rings. The molecule has 0 bridgehead atoms. The summed E-state index contributed by atoms with van der Waals surface area (Å²) < 4.78 is 1.69. The molecule has 0 saturated heterocycles. The maximum Gasteiger partial charge on any atom is 0.307 e. The molecule has 19 heavy (non-hydrogen) atoms. The predicted octanol–water partition coefficient (Wildman–Crippen LogP) is 1.27. The summed E-state index contributed by atoms with van der Waals surface area (Å²) >= 11 is 1.19. The van der Waals surface area contributed by atoms with Crippen molar-refractivity contribution in [1.29, 1.82) is 0 Å². The molecule has 0 aromatic carbocycles. The molecule has 0 radical (unpaired) electrons. The van der Waals surface area contributed by atoms with Crippen molar-refractivity contribution in [3.63, 3.8) is 0 Å². The van der Waals surface area contributed by atoms with Gasteiger partial charge in [0.15, 0.2) is 0 Å². The first-order valence-corrected chi connectivity index (χ1v) is 7.40. The molecule has 1 aromatic heterocycles. The normalized spacial score (nSPS) is 14.1. The number of aliphatic hydroxyl groups is 1. The van der Waals surface area contributed by atoms with E-state index in [1.807, 2.05) is 19.2 Å². The van der Waals surface area contributed by atoms with Crippen LogP contribution < -0.4 is 10.2 Å². The molecule has 0 saturated carbocycles. The minimum absolute atomic E-state index is 0.0281. The van der Waals surface area contributed by atoms with Crippen LogP contribution in [0.2, 0.25) is 0 Å². The molecule has 108 valence electrons. The van der Waals surface area contributed by atoms with Crippen LogP contribution in [-0.2, 0) is 11.3 Å². The highest BCUT2D eigenvalue weighted by molar-refractivity contribution is 7.07. The zero-order valence-corrected chi connectivity index (χ0v) is 12.5. The van der Waals surface area contributed by atoms with Crippen molar-refractivity contribution >= 4 is 17.2 Å². The van der Waals surface area contributed by atoms with Gasteiger partial charge in [0.2, 0.25) is 5.91 Å². The van der Waals surface area contributed by atoms with E-state index in [0.717, 1.165) is 5.69 Å². The molecule has 1 heterocycles. The van der Waals surface area contributed by atoms with Crippen molar-refractivity contribution in [2.24, 2.45) is 0 Å². The smallest absolute Gasteiger partial charge is 0.307 e. The van der Waals surface area contributed by atoms with Gasteiger partial charge in [-0.3, -0.25) is 9.59 Å². The molecule has 0 aliphatic heterocycles. The SMILES string of the molecule is Cc1csc(=O)n1CCCC(=O)NC(C)CC(C)O. The Hall–Kier alpha value is -1.14. The van der Waals surface area contributed by atoms with Gasteiger partial charge in [0.05, 0.1) is 6.10 Å². The number of thiazole rings is 1. The molecule has 1 aromatic rings. The number of hydrogen-bond acceptors (Lipinski definition) is 4. The van der Waals surface area contributed by atoms with E-state index in [4.69, 9.17) is 0 Å². The van der Waals surface area contributed by atoms with Crippen LogP contribution in [0.15, 0.2) is 10.2 Å². The number of nitrogens with one attached hydrogen (secondary N) is 1. The fourth-order valence-electron chi connectivity index (χ4n) is 1.99. The monoisotopic (exact) mass is 286 g/mol. The van der Waals surface area contributed by atoms with Gasteiger partial charge in [-0.15, -0.1) is 0 Å². The third-order valence-electron chi connectivity index (χ3n) is 2.86. The van der Waals surface area contributed by atoms with Crippen LogP contribution >= 0.6 is 11.3 Å². The molecule has 2 atom stereocenters. The quantitative estimate of drug-likeness (QED) is 0.793. The van der Waals surface area contributed by atoms with Crippen molar-refractivity contribution in [3.8, 4) is 0 Å². The largest absolute Gasteiger partial charge is 0.393 e. The van der Waals surface area contributed by atoms with E-state index in [0.29, 0.717) is 25.8 Å². The topological polar surface area (TPSA) is 71.3 Å². The number of amides is 1. The van der Waals surface area contributed by atoms with Gasteiger partial charge in [-0.25, -0.2) is 0 Å². The first-order valence-electron chi connectivity index (χ1n) is 6.52. The Morgan fingerprint density at radius 1 is 1.53 bits per heavy atom. The lowest BCUT2D eigenvalue weighted by Crippen LogP contribution is -2.34. The lowest BCUT2D eigenvalue weighted by Gasteiger charge is -2.15. The minimum atomic E-state index is -0.415. The summed E-state index contributed by atoms with van der Waals surface area (Å²) in [5.41, 5.74) is 0.942. The molecule has 2 unspecified atom stereocenters. The summed E-state index contributed by atoms with van der Waals surface area (Å²) in [6.07, 6.45) is 1.17. The second kappa shape index (κ2) is 7.45. The van der Waals surface area contributed by atoms with Crippen LogP contribution in [-0.4, -0.2) is 27.7 Å². The van der Waals surface area contributed by atoms with Gasteiger partial charge in [-0.1, -0.05) is 11.3 Å². The van der Waals surface area contributed by atoms with Crippen LogP contribution in [0, 0.1) is 6.92 Å². The van der Waals surface area contributed by atoms with Gasteiger partial charge in [0.25, 0.3) is 0 Å². The van der Waals surface area contributed by atoms with Crippen LogP contribution in [0.3, 0.4) is 0 Å². The predicted molar refractivity (Wildman–Crippen MR) is 76.5 cm³/mol. The number of nitrogens with zero attached hydrogens (tertiary/aromatic N) is 1. The van der Waals surface area contributed by atoms with Gasteiger partial charge < -0.3 is 15.0 Å². The number of rotatable bonds is 7. The van der Waals surface area contributed by atoms with Crippen molar-refractivity contribution in [3.05, 3.63) is 20.7 Å². The highest BCUT2D eigenvalue weighted by Crippen LogP contribution is 2.03. The molecule has 1 amide bonds. The molecule has 0 spiro atoms. The van der Waals surface area contributed by atoms with Crippen molar-refractivity contribution in [2.75, 3.05) is 0 Å². The minimum Gasteiger partial charge on any atom is -0.393 e. The molecule has 0 fully saturated rings. The number of hydrogen-bond donors (Lipinski definition) is 2. The summed E-state index contributed by atoms with van der Waals surface area (Å²) in [6.45, 7) is 6.04. The second-order valence-corrected chi connectivity index (χ2v) is 5.77. The van der Waals surface area contributed by atoms with E-state index in [-0.39, 0.29) is 16.8 Å². The maximum absolute atomic E-state index is 11.7. The summed E-state index contributed by atoms with van der Waals surface area (Å²) in [5.74, 6) is -0.0333. The van der Waals surface area contributed by atoms with Crippen molar-refractivity contribution in [1.82, 2.24) is 9.88 Å². The molecule has 1 rings (SSSR count). The first kappa shape index (κ1) is 15.9. The second-order valence-electron chi connectivity index (χ2n) is 4.95. The number of carbonyl (C=O) groups is 1. The lowest BCUT2D eigenvalue weighted by molar-refractivity contribution is -0.122. The fourth-order valence-corrected chi connectivity index (χ4v) is 2.75. The zero-order chi connectivity index (χ0) is 14.4. The van der Waals surface area contributed by atoms with Gasteiger partial charge >= 0.3 is 4.87 Å². The van der Waals surface area contributed by atoms with Gasteiger partial charge in [0, 0.05) is 30.1 Å². The summed E-state index contributed by atoms with van der Waals surface area (Å²) in [6, 6.07) is -0.0295. The molecule has 0 aliphatic carbocycles. The highest BCUT2D eigenvalue weighted by Gasteiger charge is 2.10. The number of carbonyl (C=O) groups excluding carboxylic acids is 1. The number of aryl methyl sites for hydroxylation is 1. The van der Waals surface area contributed by atoms with E-state index >= 15 is 0 Å². The van der Waals surface area contributed by atoms with Crippen molar-refractivity contribution < 1.29 is 9.90 Å². The van der Waals surface area contributed by atoms with Crippen molar-refractivity contribution in [2.45, 2.75) is 58.7 Å². The van der Waals surface area contributed by atoms with Crippen LogP contribution in [0.5, 0.6) is 0 Å². The Kier molecular flexibility index (Phi) is 6.24. The van der Waals surface area contributed by atoms with E-state index in [9.17, 15) is 14.7 Å². The first-order chi connectivity index (χ1) is 8.90. The third kappa shape index (κ3) is 5.57. The lowest BCUT2D eigenvalue weighted by atomic mass is 10.1. The van der Waals surface area contributed by atoms with Gasteiger partial charge in [-0.05, 0) is 33.6 Å². The van der Waals surface area contributed by atoms with E-state index in [1.54, 1.807) is 11.5 Å². The Morgan fingerprint density at radius 3 is 2.74 bits per heavy atom. The standard InChI is InChI=1S/C13H22N2O3S/c1-9(7-11(3)16)14-12(17)5-4-6-15-10(2)8-19-13(15)18/h8-9,11,16H,4-7H2,1-3H3,(H,14,17). The summed E-state index contributed by atoms with van der Waals surface area (Å²) in [5, 5.41) is 13.9. The van der Waals surface area contributed by atoms with Crippen LogP contribution in [0.4, 0.5) is 0 Å². The van der Waals surface area contributed by atoms with E-state index < -0.39 is 6.10 Å². The Bertz CT molecular complexity index is 465. The number of aliphatic hydroxyl groups excluding tert-OH is 1. The Labute approximate surface area is 117 Å². The molecule has 6 heteroatoms. The average Bonchev–Trinajstić information content (AvgIpc) is 2.59. The van der Waals surface area contributed by atoms with E-state index in [2.05, 4.69) is 5.32 Å². The zero-order valence-electron chi connectivity index (χ0n) is 11.7. The summed E-state index contributed by atoms with van der Waals surface area (Å²) in [4.78, 5) is 23.2. The van der Waals surface area contributed by atoms with E-state index in [1.165, 1.54) is 11.3 Å². The molecular formula is C13H22N2O3S. The van der Waals surface area contributed by atoms with Gasteiger partial charge in [-0.2, -0.15) is 0 Å². The Morgan fingerprint density at radius 2 is 2.21 bits per heavy atom.